The molecule has 0 bridgehead atoms. The molecule has 0 saturated heterocycles. The third kappa shape index (κ3) is 3.44. The fourth-order valence-corrected chi connectivity index (χ4v) is 0.267. The molecule has 0 fully saturated rings. The first kappa shape index (κ1) is 8.44. The molecule has 0 aliphatic rings. The predicted octanol–water partition coefficient (Wildman–Crippen LogP) is 1.14. The molecule has 0 rings (SSSR count). The Hall–Kier alpha value is -1.56. The average molecular weight is 137 g/mol. The first-order chi connectivity index (χ1) is 4.70. The Morgan fingerprint density at radius 3 is 2.70 bits per heavy atom. The van der Waals surface area contributed by atoms with E-state index in [1.54, 1.807) is 6.07 Å². The van der Waals surface area contributed by atoms with Crippen molar-refractivity contribution in [2.45, 2.75) is 6.92 Å². The van der Waals surface area contributed by atoms with Crippen molar-refractivity contribution in [3.05, 3.63) is 24.5 Å². The summed E-state index contributed by atoms with van der Waals surface area (Å²) in [6.07, 6.45) is 2.37. The summed E-state index contributed by atoms with van der Waals surface area (Å²) >= 11 is 0. The van der Waals surface area contributed by atoms with Crippen molar-refractivity contribution in [2.75, 3.05) is 0 Å². The van der Waals surface area contributed by atoms with Gasteiger partial charge in [-0.15, -0.1) is 0 Å². The standard InChI is InChI=1S/C7H7NO2/c1-3-7(4-8)5-10-6(2)9/h3,5H,1H2,2H3. The highest BCUT2D eigenvalue weighted by Gasteiger charge is 1.89. The lowest BCUT2D eigenvalue weighted by Gasteiger charge is -1.89. The fourth-order valence-electron chi connectivity index (χ4n) is 0.267. The molecular formula is C7H7NO2. The van der Waals surface area contributed by atoms with Crippen molar-refractivity contribution >= 4 is 5.97 Å². The van der Waals surface area contributed by atoms with Crippen LogP contribution in [0.1, 0.15) is 6.92 Å². The van der Waals surface area contributed by atoms with Crippen LogP contribution in [-0.4, -0.2) is 5.97 Å². The maximum absolute atomic E-state index is 10.2. The molecule has 0 N–H and O–H groups in total. The molecule has 3 heteroatoms. The summed E-state index contributed by atoms with van der Waals surface area (Å²) < 4.78 is 4.39. The zero-order valence-corrected chi connectivity index (χ0v) is 5.63. The highest BCUT2D eigenvalue weighted by Crippen LogP contribution is 1.92. The third-order valence-corrected chi connectivity index (χ3v) is 0.701. The number of rotatable bonds is 2. The van der Waals surface area contributed by atoms with E-state index in [4.69, 9.17) is 5.26 Å². The Labute approximate surface area is 59.2 Å². The van der Waals surface area contributed by atoms with Gasteiger partial charge in [-0.2, -0.15) is 5.26 Å². The van der Waals surface area contributed by atoms with Gasteiger partial charge in [-0.05, 0) is 6.08 Å². The second kappa shape index (κ2) is 4.33. The summed E-state index contributed by atoms with van der Waals surface area (Å²) in [6.45, 7) is 4.59. The Bertz CT molecular complexity index is 210. The fraction of sp³-hybridized carbons (Fsp3) is 0.143. The van der Waals surface area contributed by atoms with E-state index in [1.807, 2.05) is 0 Å². The normalized spacial score (nSPS) is 9.80. The number of nitrogens with zero attached hydrogens (tertiary/aromatic N) is 1. The van der Waals surface area contributed by atoms with Crippen LogP contribution in [0.2, 0.25) is 0 Å². The molecule has 0 radical (unpaired) electrons. The lowest BCUT2D eigenvalue weighted by Crippen LogP contribution is -1.90. The number of carbonyl (C=O) groups excluding carboxylic acids is 1. The van der Waals surface area contributed by atoms with Gasteiger partial charge in [-0.3, -0.25) is 4.79 Å². The Morgan fingerprint density at radius 2 is 2.40 bits per heavy atom. The van der Waals surface area contributed by atoms with E-state index in [2.05, 4.69) is 11.3 Å². The summed E-state index contributed by atoms with van der Waals surface area (Å²) in [5.74, 6) is -0.449. The molecule has 0 aromatic carbocycles. The summed E-state index contributed by atoms with van der Waals surface area (Å²) in [5, 5.41) is 8.26. The van der Waals surface area contributed by atoms with E-state index in [1.165, 1.54) is 13.0 Å². The Balaban J connectivity index is 4.03. The van der Waals surface area contributed by atoms with Crippen LogP contribution in [0.3, 0.4) is 0 Å². The molecule has 52 valence electrons. The summed E-state index contributed by atoms with van der Waals surface area (Å²) in [4.78, 5) is 10.2. The lowest BCUT2D eigenvalue weighted by molar-refractivity contribution is -0.135. The van der Waals surface area contributed by atoms with Crippen LogP contribution in [0.5, 0.6) is 0 Å². The first-order valence-electron chi connectivity index (χ1n) is 2.60. The second-order valence-electron chi connectivity index (χ2n) is 1.50. The molecule has 0 aromatic heterocycles. The number of allylic oxidation sites excluding steroid dienone is 2. The van der Waals surface area contributed by atoms with E-state index in [0.29, 0.717) is 0 Å². The molecule has 10 heavy (non-hydrogen) atoms. The van der Waals surface area contributed by atoms with Crippen LogP contribution in [0.15, 0.2) is 24.5 Å². The van der Waals surface area contributed by atoms with Crippen LogP contribution < -0.4 is 0 Å². The average Bonchev–Trinajstić information content (AvgIpc) is 1.90. The molecule has 0 aromatic rings. The minimum Gasteiger partial charge on any atom is -0.433 e. The third-order valence-electron chi connectivity index (χ3n) is 0.701. The molecule has 0 aliphatic carbocycles. The van der Waals surface area contributed by atoms with Crippen molar-refractivity contribution in [1.29, 1.82) is 5.26 Å². The van der Waals surface area contributed by atoms with Gasteiger partial charge in [0.25, 0.3) is 0 Å². The van der Waals surface area contributed by atoms with Gasteiger partial charge in [-0.25, -0.2) is 0 Å². The van der Waals surface area contributed by atoms with E-state index in [-0.39, 0.29) is 5.57 Å². The van der Waals surface area contributed by atoms with Gasteiger partial charge in [0.1, 0.15) is 12.3 Å². The van der Waals surface area contributed by atoms with Crippen LogP contribution in [0, 0.1) is 11.3 Å². The van der Waals surface area contributed by atoms with Gasteiger partial charge in [0.05, 0.1) is 5.57 Å². The van der Waals surface area contributed by atoms with Gasteiger partial charge in [0.15, 0.2) is 0 Å². The van der Waals surface area contributed by atoms with Gasteiger partial charge in [-0.1, -0.05) is 6.58 Å². The number of hydrogen-bond acceptors (Lipinski definition) is 3. The van der Waals surface area contributed by atoms with Crippen LogP contribution >= 0.6 is 0 Å². The molecule has 0 heterocycles. The van der Waals surface area contributed by atoms with E-state index >= 15 is 0 Å². The van der Waals surface area contributed by atoms with Gasteiger partial charge in [0, 0.05) is 6.92 Å². The first-order valence-corrected chi connectivity index (χ1v) is 2.60. The Morgan fingerprint density at radius 1 is 1.80 bits per heavy atom. The zero-order chi connectivity index (χ0) is 7.98. The van der Waals surface area contributed by atoms with Crippen LogP contribution in [-0.2, 0) is 9.53 Å². The summed E-state index contributed by atoms with van der Waals surface area (Å²) in [7, 11) is 0. The molecule has 0 spiro atoms. The number of hydrogen-bond donors (Lipinski definition) is 0. The molecule has 0 atom stereocenters. The SMILES string of the molecule is C=CC(C#N)=COC(C)=O. The lowest BCUT2D eigenvalue weighted by atomic mass is 10.3. The molecule has 0 saturated carbocycles. The van der Waals surface area contributed by atoms with E-state index in [9.17, 15) is 4.79 Å². The number of ether oxygens (including phenoxy) is 1. The minimum absolute atomic E-state index is 0.232. The maximum atomic E-state index is 10.2. The summed E-state index contributed by atoms with van der Waals surface area (Å²) in [6, 6.07) is 1.77. The van der Waals surface area contributed by atoms with Gasteiger partial charge >= 0.3 is 5.97 Å². The molecule has 0 unspecified atom stereocenters. The highest BCUT2D eigenvalue weighted by molar-refractivity contribution is 5.66. The monoisotopic (exact) mass is 137 g/mol. The number of carbonyl (C=O) groups is 1. The van der Waals surface area contributed by atoms with Crippen molar-refractivity contribution in [2.24, 2.45) is 0 Å². The molecule has 0 aliphatic heterocycles. The Kier molecular flexibility index (Phi) is 3.66. The number of esters is 1. The second-order valence-corrected chi connectivity index (χ2v) is 1.50. The quantitative estimate of drug-likeness (QED) is 0.248. The van der Waals surface area contributed by atoms with E-state index < -0.39 is 5.97 Å². The predicted molar refractivity (Wildman–Crippen MR) is 35.7 cm³/mol. The van der Waals surface area contributed by atoms with Gasteiger partial charge in [0.2, 0.25) is 0 Å². The largest absolute Gasteiger partial charge is 0.433 e. The zero-order valence-electron chi connectivity index (χ0n) is 5.63. The maximum Gasteiger partial charge on any atom is 0.307 e. The van der Waals surface area contributed by atoms with Crippen molar-refractivity contribution in [3.63, 3.8) is 0 Å². The van der Waals surface area contributed by atoms with Crippen molar-refractivity contribution in [1.82, 2.24) is 0 Å². The molecule has 0 amide bonds. The topological polar surface area (TPSA) is 50.1 Å². The molecular weight excluding hydrogens is 130 g/mol. The van der Waals surface area contributed by atoms with Crippen molar-refractivity contribution < 1.29 is 9.53 Å². The smallest absolute Gasteiger partial charge is 0.307 e. The molecule has 3 nitrogen and oxygen atoms in total. The highest BCUT2D eigenvalue weighted by atomic mass is 16.5. The van der Waals surface area contributed by atoms with E-state index in [0.717, 1.165) is 6.26 Å². The van der Waals surface area contributed by atoms with Gasteiger partial charge < -0.3 is 4.74 Å². The number of nitriles is 1. The van der Waals surface area contributed by atoms with Crippen molar-refractivity contribution in [3.8, 4) is 6.07 Å². The van der Waals surface area contributed by atoms with Crippen LogP contribution in [0.4, 0.5) is 0 Å². The summed E-state index contributed by atoms with van der Waals surface area (Å²) in [5.41, 5.74) is 0.232. The minimum atomic E-state index is -0.449. The van der Waals surface area contributed by atoms with Crippen LogP contribution in [0.25, 0.3) is 0 Å².